The van der Waals surface area contributed by atoms with Crippen LogP contribution in [0.2, 0.25) is 0 Å². The molecule has 5 heteroatoms. The van der Waals surface area contributed by atoms with Crippen LogP contribution in [-0.4, -0.2) is 15.0 Å². The van der Waals surface area contributed by atoms with Gasteiger partial charge < -0.3 is 5.73 Å². The van der Waals surface area contributed by atoms with E-state index in [0.717, 1.165) is 33.0 Å². The first-order valence-electron chi connectivity index (χ1n) is 9.11. The first-order valence-corrected chi connectivity index (χ1v) is 9.11. The van der Waals surface area contributed by atoms with Crippen LogP contribution in [0.5, 0.6) is 0 Å². The van der Waals surface area contributed by atoms with E-state index in [9.17, 15) is 4.39 Å². The average Bonchev–Trinajstić information content (AvgIpc) is 2.74. The first kappa shape index (κ1) is 18.5. The molecule has 0 aliphatic rings. The molecular weight excluding hydrogens is 363 g/mol. The second-order valence-corrected chi connectivity index (χ2v) is 6.72. The normalized spacial score (nSPS) is 11.9. The molecule has 0 aliphatic carbocycles. The Morgan fingerprint density at radius 3 is 2.28 bits per heavy atom. The van der Waals surface area contributed by atoms with Gasteiger partial charge in [-0.05, 0) is 53.3 Å². The third-order valence-corrected chi connectivity index (χ3v) is 4.82. The number of nitrogens with zero attached hydrogens (tertiary/aromatic N) is 3. The van der Waals surface area contributed by atoms with E-state index in [1.165, 1.54) is 12.1 Å². The maximum atomic E-state index is 13.5. The quantitative estimate of drug-likeness (QED) is 0.500. The lowest BCUT2D eigenvalue weighted by Gasteiger charge is -2.16. The molecule has 2 aromatic carbocycles. The van der Waals surface area contributed by atoms with Gasteiger partial charge in [-0.1, -0.05) is 30.8 Å². The number of benzene rings is 2. The summed E-state index contributed by atoms with van der Waals surface area (Å²) in [5.74, 6) is -0.281. The second kappa shape index (κ2) is 7.64. The van der Waals surface area contributed by atoms with E-state index in [1.54, 1.807) is 30.7 Å². The van der Waals surface area contributed by atoms with Crippen LogP contribution in [0.15, 0.2) is 79.9 Å². The van der Waals surface area contributed by atoms with Gasteiger partial charge in [0.2, 0.25) is 0 Å². The molecule has 0 spiro atoms. The van der Waals surface area contributed by atoms with Gasteiger partial charge in [0.1, 0.15) is 11.5 Å². The van der Waals surface area contributed by atoms with Crippen LogP contribution in [0.3, 0.4) is 0 Å². The minimum Gasteiger partial charge on any atom is -0.397 e. The second-order valence-electron chi connectivity index (χ2n) is 6.72. The van der Waals surface area contributed by atoms with Crippen LogP contribution in [0.1, 0.15) is 29.4 Å². The molecule has 29 heavy (non-hydrogen) atoms. The largest absolute Gasteiger partial charge is 0.397 e. The Morgan fingerprint density at radius 2 is 1.55 bits per heavy atom. The monoisotopic (exact) mass is 382 g/mol. The van der Waals surface area contributed by atoms with Gasteiger partial charge in [0, 0.05) is 35.7 Å². The van der Waals surface area contributed by atoms with Gasteiger partial charge >= 0.3 is 0 Å². The van der Waals surface area contributed by atoms with Gasteiger partial charge in [-0.15, -0.1) is 0 Å². The molecule has 4 aromatic rings. The fourth-order valence-corrected chi connectivity index (χ4v) is 3.37. The lowest BCUT2D eigenvalue weighted by molar-refractivity contribution is 0.627. The van der Waals surface area contributed by atoms with E-state index in [-0.39, 0.29) is 5.82 Å². The molecule has 0 atom stereocenters. The summed E-state index contributed by atoms with van der Waals surface area (Å²) in [5, 5.41) is 2.09. The Balaban J connectivity index is 2.02. The number of hydrogen-bond donors (Lipinski definition) is 1. The summed E-state index contributed by atoms with van der Waals surface area (Å²) < 4.78 is 13.5. The minimum atomic E-state index is -0.281. The number of allylic oxidation sites excluding steroid dienone is 1. The Labute approximate surface area is 168 Å². The van der Waals surface area contributed by atoms with Crippen LogP contribution >= 0.6 is 0 Å². The van der Waals surface area contributed by atoms with Crippen molar-refractivity contribution < 1.29 is 4.39 Å². The van der Waals surface area contributed by atoms with Crippen LogP contribution in [-0.2, 0) is 0 Å². The number of hydrogen-bond acceptors (Lipinski definition) is 4. The number of nitrogens with two attached hydrogens (primary N) is 1. The van der Waals surface area contributed by atoms with Gasteiger partial charge in [0.05, 0.1) is 11.4 Å². The summed E-state index contributed by atoms with van der Waals surface area (Å²) in [6.07, 6.45) is 6.81. The molecule has 2 N–H and O–H groups in total. The summed E-state index contributed by atoms with van der Waals surface area (Å²) in [6.45, 7) is 5.83. The zero-order valence-electron chi connectivity index (χ0n) is 15.9. The maximum Gasteiger partial charge on any atom is 0.123 e. The van der Waals surface area contributed by atoms with E-state index in [0.29, 0.717) is 17.1 Å². The number of pyridine rings is 1. The van der Waals surface area contributed by atoms with Crippen LogP contribution in [0.4, 0.5) is 4.39 Å². The third kappa shape index (κ3) is 3.62. The Kier molecular flexibility index (Phi) is 4.87. The number of aromatic nitrogens is 3. The Hall–Kier alpha value is -3.86. The summed E-state index contributed by atoms with van der Waals surface area (Å²) in [7, 11) is 0. The highest BCUT2D eigenvalue weighted by atomic mass is 19.1. The van der Waals surface area contributed by atoms with Crippen molar-refractivity contribution in [3.63, 3.8) is 0 Å². The van der Waals surface area contributed by atoms with Crippen molar-refractivity contribution in [2.75, 3.05) is 0 Å². The summed E-state index contributed by atoms with van der Waals surface area (Å²) in [5.41, 5.74) is 11.1. The lowest BCUT2D eigenvalue weighted by atomic mass is 9.91. The summed E-state index contributed by atoms with van der Waals surface area (Å²) in [6, 6.07) is 14.5. The van der Waals surface area contributed by atoms with Crippen molar-refractivity contribution in [1.82, 2.24) is 15.0 Å². The van der Waals surface area contributed by atoms with Crippen molar-refractivity contribution >= 4 is 27.6 Å². The van der Waals surface area contributed by atoms with E-state index < -0.39 is 0 Å². The molecular formula is C24H19FN4. The molecule has 0 saturated heterocycles. The molecule has 4 rings (SSSR count). The van der Waals surface area contributed by atoms with Gasteiger partial charge in [0.15, 0.2) is 0 Å². The topological polar surface area (TPSA) is 64.7 Å². The SMILES string of the molecule is C=C(N)c1nccnc1/C(=C(\C)c1ccc(F)cc1)c1ccc2cnccc2c1. The molecule has 0 aliphatic heterocycles. The van der Waals surface area contributed by atoms with Crippen molar-refractivity contribution in [2.45, 2.75) is 6.92 Å². The summed E-state index contributed by atoms with van der Waals surface area (Å²) >= 11 is 0. The van der Waals surface area contributed by atoms with Crippen molar-refractivity contribution in [1.29, 1.82) is 0 Å². The van der Waals surface area contributed by atoms with Crippen molar-refractivity contribution in [2.24, 2.45) is 5.73 Å². The molecule has 0 amide bonds. The van der Waals surface area contributed by atoms with Gasteiger partial charge in [-0.3, -0.25) is 15.0 Å². The smallest absolute Gasteiger partial charge is 0.123 e. The highest BCUT2D eigenvalue weighted by molar-refractivity contribution is 6.00. The van der Waals surface area contributed by atoms with Crippen LogP contribution < -0.4 is 5.73 Å². The van der Waals surface area contributed by atoms with Gasteiger partial charge in [0.25, 0.3) is 0 Å². The van der Waals surface area contributed by atoms with Crippen molar-refractivity contribution in [3.8, 4) is 0 Å². The van der Waals surface area contributed by atoms with Crippen molar-refractivity contribution in [3.05, 3.63) is 108 Å². The molecule has 2 heterocycles. The van der Waals surface area contributed by atoms with E-state index >= 15 is 0 Å². The Bertz CT molecular complexity index is 1240. The highest BCUT2D eigenvalue weighted by Gasteiger charge is 2.18. The van der Waals surface area contributed by atoms with Crippen LogP contribution in [0, 0.1) is 5.82 Å². The molecule has 0 fully saturated rings. The molecule has 0 saturated carbocycles. The molecule has 0 bridgehead atoms. The predicted octanol–water partition coefficient (Wildman–Crippen LogP) is 5.07. The average molecular weight is 382 g/mol. The molecule has 142 valence electrons. The maximum absolute atomic E-state index is 13.5. The highest BCUT2D eigenvalue weighted by Crippen LogP contribution is 2.34. The molecule has 0 radical (unpaired) electrons. The third-order valence-electron chi connectivity index (χ3n) is 4.82. The predicted molar refractivity (Wildman–Crippen MR) is 115 cm³/mol. The lowest BCUT2D eigenvalue weighted by Crippen LogP contribution is -2.06. The Morgan fingerprint density at radius 1 is 0.862 bits per heavy atom. The molecule has 4 nitrogen and oxygen atoms in total. The van der Waals surface area contributed by atoms with Gasteiger partial charge in [-0.25, -0.2) is 4.39 Å². The number of fused-ring (bicyclic) bond motifs is 1. The van der Waals surface area contributed by atoms with E-state index in [4.69, 9.17) is 5.73 Å². The van der Waals surface area contributed by atoms with E-state index in [2.05, 4.69) is 27.6 Å². The number of halogens is 1. The fourth-order valence-electron chi connectivity index (χ4n) is 3.37. The van der Waals surface area contributed by atoms with Crippen LogP contribution in [0.25, 0.3) is 27.6 Å². The van der Waals surface area contributed by atoms with Gasteiger partial charge in [-0.2, -0.15) is 0 Å². The minimum absolute atomic E-state index is 0.281. The number of rotatable bonds is 4. The van der Waals surface area contributed by atoms with E-state index in [1.807, 2.05) is 31.3 Å². The fraction of sp³-hybridized carbons (Fsp3) is 0.0417. The first-order chi connectivity index (χ1) is 14.0. The molecule has 0 unspecified atom stereocenters. The molecule has 2 aromatic heterocycles. The summed E-state index contributed by atoms with van der Waals surface area (Å²) in [4.78, 5) is 13.1. The zero-order valence-corrected chi connectivity index (χ0v) is 15.9. The standard InChI is InChI=1S/C24H19FN4/c1-15(17-5-7-21(25)8-6-17)22(24-23(16(2)26)28-11-12-29-24)19-3-4-20-14-27-10-9-18(20)13-19/h3-14H,2,26H2,1H3/b22-15+. The zero-order chi connectivity index (χ0) is 20.4.